The molecule has 0 bridgehead atoms. The highest BCUT2D eigenvalue weighted by Gasteiger charge is 2.29. The van der Waals surface area contributed by atoms with Crippen LogP contribution in [0.3, 0.4) is 0 Å². The molecule has 0 N–H and O–H groups in total. The Morgan fingerprint density at radius 1 is 1.35 bits per heavy atom. The number of carbonyl (C=O) groups excluding carboxylic acids is 1. The van der Waals surface area contributed by atoms with E-state index in [9.17, 15) is 4.79 Å². The zero-order valence-corrected chi connectivity index (χ0v) is 11.6. The molecule has 1 amide bonds. The third-order valence-corrected chi connectivity index (χ3v) is 3.68. The molecule has 1 saturated heterocycles. The topological polar surface area (TPSA) is 23.6 Å². The lowest BCUT2D eigenvalue weighted by Gasteiger charge is -2.40. The maximum atomic E-state index is 11.9. The van der Waals surface area contributed by atoms with Gasteiger partial charge in [0.15, 0.2) is 0 Å². The zero-order valence-electron chi connectivity index (χ0n) is 9.97. The molecule has 1 aromatic carbocycles. The van der Waals surface area contributed by atoms with E-state index in [2.05, 4.69) is 40.0 Å². The number of nitrogens with zero attached hydrogens (tertiary/aromatic N) is 2. The van der Waals surface area contributed by atoms with Crippen molar-refractivity contribution >= 4 is 21.8 Å². The van der Waals surface area contributed by atoms with Crippen LogP contribution in [0.5, 0.6) is 0 Å². The molecule has 0 spiro atoms. The average Bonchev–Trinajstić information content (AvgIpc) is 2.39. The molecular weight excluding hydrogens is 280 g/mol. The zero-order chi connectivity index (χ0) is 12.3. The van der Waals surface area contributed by atoms with E-state index in [1.165, 1.54) is 5.56 Å². The number of alkyl halides is 1. The van der Waals surface area contributed by atoms with Gasteiger partial charge in [-0.3, -0.25) is 4.79 Å². The second-order valence-electron chi connectivity index (χ2n) is 4.41. The largest absolute Gasteiger partial charge is 0.332 e. The SMILES string of the molecule is CN1CCN(C(=O)CBr)C(c2ccccc2)C1. The predicted molar refractivity (Wildman–Crippen MR) is 72.2 cm³/mol. The Morgan fingerprint density at radius 2 is 2.06 bits per heavy atom. The number of hydrogen-bond acceptors (Lipinski definition) is 2. The van der Waals surface area contributed by atoms with Crippen LogP contribution in [-0.2, 0) is 4.79 Å². The predicted octanol–water partition coefficient (Wildman–Crippen LogP) is 1.90. The first kappa shape index (κ1) is 12.6. The lowest BCUT2D eigenvalue weighted by atomic mass is 10.0. The molecule has 92 valence electrons. The monoisotopic (exact) mass is 296 g/mol. The van der Waals surface area contributed by atoms with Gasteiger partial charge in [0, 0.05) is 19.6 Å². The second-order valence-corrected chi connectivity index (χ2v) is 4.97. The summed E-state index contributed by atoms with van der Waals surface area (Å²) >= 11 is 3.26. The average molecular weight is 297 g/mol. The van der Waals surface area contributed by atoms with Crippen molar-refractivity contribution < 1.29 is 4.79 Å². The molecule has 0 saturated carbocycles. The molecule has 0 aromatic heterocycles. The fourth-order valence-corrected chi connectivity index (χ4v) is 2.58. The van der Waals surface area contributed by atoms with E-state index in [0.29, 0.717) is 5.33 Å². The van der Waals surface area contributed by atoms with E-state index in [1.54, 1.807) is 0 Å². The van der Waals surface area contributed by atoms with Crippen molar-refractivity contribution in [2.24, 2.45) is 0 Å². The maximum absolute atomic E-state index is 11.9. The van der Waals surface area contributed by atoms with Gasteiger partial charge in [0.05, 0.1) is 11.4 Å². The van der Waals surface area contributed by atoms with Gasteiger partial charge in [0.25, 0.3) is 0 Å². The minimum Gasteiger partial charge on any atom is -0.332 e. The Labute approximate surface area is 111 Å². The number of likely N-dealkylation sites (N-methyl/N-ethyl adjacent to an activating group) is 1. The number of amides is 1. The van der Waals surface area contributed by atoms with Crippen molar-refractivity contribution in [1.82, 2.24) is 9.80 Å². The highest BCUT2D eigenvalue weighted by atomic mass is 79.9. The van der Waals surface area contributed by atoms with Gasteiger partial charge in [0.2, 0.25) is 5.91 Å². The highest BCUT2D eigenvalue weighted by molar-refractivity contribution is 9.09. The number of rotatable bonds is 2. The first-order valence-corrected chi connectivity index (χ1v) is 6.93. The first-order valence-electron chi connectivity index (χ1n) is 5.81. The van der Waals surface area contributed by atoms with Crippen LogP contribution in [0.4, 0.5) is 0 Å². The summed E-state index contributed by atoms with van der Waals surface area (Å²) in [6.07, 6.45) is 0. The van der Waals surface area contributed by atoms with Crippen molar-refractivity contribution in [3.05, 3.63) is 35.9 Å². The normalized spacial score (nSPS) is 21.5. The van der Waals surface area contributed by atoms with Crippen molar-refractivity contribution in [1.29, 1.82) is 0 Å². The first-order chi connectivity index (χ1) is 8.22. The molecule has 0 aliphatic carbocycles. The Kier molecular flexibility index (Phi) is 4.18. The van der Waals surface area contributed by atoms with Gasteiger partial charge in [-0.1, -0.05) is 46.3 Å². The summed E-state index contributed by atoms with van der Waals surface area (Å²) in [7, 11) is 2.10. The maximum Gasteiger partial charge on any atom is 0.233 e. The van der Waals surface area contributed by atoms with E-state index in [0.717, 1.165) is 19.6 Å². The van der Waals surface area contributed by atoms with Gasteiger partial charge in [-0.15, -0.1) is 0 Å². The molecule has 0 radical (unpaired) electrons. The fourth-order valence-electron chi connectivity index (χ4n) is 2.26. The summed E-state index contributed by atoms with van der Waals surface area (Å²) in [6.45, 7) is 2.66. The van der Waals surface area contributed by atoms with E-state index >= 15 is 0 Å². The summed E-state index contributed by atoms with van der Waals surface area (Å²) < 4.78 is 0. The highest BCUT2D eigenvalue weighted by Crippen LogP contribution is 2.25. The van der Waals surface area contributed by atoms with Crippen LogP contribution in [0.1, 0.15) is 11.6 Å². The van der Waals surface area contributed by atoms with E-state index in [-0.39, 0.29) is 11.9 Å². The summed E-state index contributed by atoms with van der Waals surface area (Å²) in [5, 5.41) is 0.403. The van der Waals surface area contributed by atoms with Gasteiger partial charge in [0.1, 0.15) is 0 Å². The van der Waals surface area contributed by atoms with Crippen LogP contribution in [0.2, 0.25) is 0 Å². The van der Waals surface area contributed by atoms with Gasteiger partial charge in [-0.05, 0) is 12.6 Å². The van der Waals surface area contributed by atoms with Crippen molar-refractivity contribution in [3.8, 4) is 0 Å². The molecule has 4 heteroatoms. The Bertz CT molecular complexity index is 382. The molecule has 1 fully saturated rings. The Balaban J connectivity index is 2.23. The second kappa shape index (κ2) is 5.65. The third kappa shape index (κ3) is 2.87. The molecule has 1 aliphatic heterocycles. The summed E-state index contributed by atoms with van der Waals surface area (Å²) in [5.74, 6) is 0.173. The number of halogens is 1. The van der Waals surface area contributed by atoms with Crippen LogP contribution in [0.25, 0.3) is 0 Å². The number of benzene rings is 1. The van der Waals surface area contributed by atoms with Crippen LogP contribution in [-0.4, -0.2) is 47.7 Å². The lowest BCUT2D eigenvalue weighted by Crippen LogP contribution is -2.49. The minimum atomic E-state index is 0.173. The molecule has 1 atom stereocenters. The molecule has 2 rings (SSSR count). The summed E-state index contributed by atoms with van der Waals surface area (Å²) in [5.41, 5.74) is 1.22. The molecular formula is C13H17BrN2O. The van der Waals surface area contributed by atoms with Gasteiger partial charge >= 0.3 is 0 Å². The van der Waals surface area contributed by atoms with Crippen molar-refractivity contribution in [2.75, 3.05) is 32.0 Å². The van der Waals surface area contributed by atoms with E-state index in [1.807, 2.05) is 23.1 Å². The Morgan fingerprint density at radius 3 is 2.71 bits per heavy atom. The number of carbonyl (C=O) groups is 1. The van der Waals surface area contributed by atoms with E-state index in [4.69, 9.17) is 0 Å². The van der Waals surface area contributed by atoms with Crippen LogP contribution in [0.15, 0.2) is 30.3 Å². The molecule has 17 heavy (non-hydrogen) atoms. The quantitative estimate of drug-likeness (QED) is 0.778. The Hall–Kier alpha value is -0.870. The standard InChI is InChI=1S/C13H17BrN2O/c1-15-7-8-16(13(17)9-14)12(10-15)11-5-3-2-4-6-11/h2-6,12H,7-10H2,1H3. The van der Waals surface area contributed by atoms with Gasteiger partial charge < -0.3 is 9.80 Å². The number of hydrogen-bond donors (Lipinski definition) is 0. The lowest BCUT2D eigenvalue weighted by molar-refractivity contribution is -0.133. The number of piperazine rings is 1. The molecule has 1 heterocycles. The van der Waals surface area contributed by atoms with Crippen molar-refractivity contribution in [3.63, 3.8) is 0 Å². The third-order valence-electron chi connectivity index (χ3n) is 3.20. The minimum absolute atomic E-state index is 0.173. The van der Waals surface area contributed by atoms with Gasteiger partial charge in [-0.2, -0.15) is 0 Å². The smallest absolute Gasteiger partial charge is 0.233 e. The fraction of sp³-hybridized carbons (Fsp3) is 0.462. The molecule has 3 nitrogen and oxygen atoms in total. The summed E-state index contributed by atoms with van der Waals surface area (Å²) in [4.78, 5) is 16.2. The molecule has 1 unspecified atom stereocenters. The molecule has 1 aromatic rings. The van der Waals surface area contributed by atoms with Crippen molar-refractivity contribution in [2.45, 2.75) is 6.04 Å². The summed E-state index contributed by atoms with van der Waals surface area (Å²) in [6, 6.07) is 10.4. The van der Waals surface area contributed by atoms with Crippen LogP contribution >= 0.6 is 15.9 Å². The molecule has 1 aliphatic rings. The van der Waals surface area contributed by atoms with Crippen LogP contribution in [0, 0.1) is 0 Å². The van der Waals surface area contributed by atoms with E-state index < -0.39 is 0 Å². The van der Waals surface area contributed by atoms with Crippen LogP contribution < -0.4 is 0 Å². The van der Waals surface area contributed by atoms with Gasteiger partial charge in [-0.25, -0.2) is 0 Å².